The maximum atomic E-state index is 13.2. The van der Waals surface area contributed by atoms with Crippen molar-refractivity contribution in [3.8, 4) is 17.0 Å². The summed E-state index contributed by atoms with van der Waals surface area (Å²) >= 11 is 0. The lowest BCUT2D eigenvalue weighted by molar-refractivity contribution is -0.274. The van der Waals surface area contributed by atoms with E-state index in [0.717, 1.165) is 12.8 Å². The second kappa shape index (κ2) is 6.64. The molecule has 1 aliphatic heterocycles. The highest BCUT2D eigenvalue weighted by Crippen LogP contribution is 2.34. The van der Waals surface area contributed by atoms with Gasteiger partial charge in [-0.2, -0.15) is 0 Å². The van der Waals surface area contributed by atoms with Crippen molar-refractivity contribution in [3.63, 3.8) is 0 Å². The van der Waals surface area contributed by atoms with E-state index in [-0.39, 0.29) is 16.9 Å². The Hall–Kier alpha value is -2.96. The normalized spacial score (nSPS) is 14.7. The van der Waals surface area contributed by atoms with E-state index in [1.54, 1.807) is 36.4 Å². The summed E-state index contributed by atoms with van der Waals surface area (Å²) in [4.78, 5) is 13.2. The molecule has 27 heavy (non-hydrogen) atoms. The van der Waals surface area contributed by atoms with Crippen LogP contribution in [0, 0.1) is 0 Å². The number of halogens is 3. The largest absolute Gasteiger partial charge is 0.573 e. The van der Waals surface area contributed by atoms with E-state index < -0.39 is 6.36 Å². The highest BCUT2D eigenvalue weighted by molar-refractivity contribution is 5.86. The topological polar surface area (TPSA) is 34.5 Å². The second-order valence-corrected chi connectivity index (χ2v) is 6.44. The number of benzene rings is 2. The van der Waals surface area contributed by atoms with Gasteiger partial charge in [-0.3, -0.25) is 4.79 Å². The van der Waals surface area contributed by atoms with Crippen LogP contribution in [0.5, 0.6) is 5.75 Å². The van der Waals surface area contributed by atoms with Gasteiger partial charge in [-0.25, -0.2) is 4.68 Å². The first-order valence-electron chi connectivity index (χ1n) is 8.69. The van der Waals surface area contributed by atoms with Gasteiger partial charge in [0.25, 0.3) is 5.56 Å². The molecule has 2 aromatic carbocycles. The number of fused-ring (bicyclic) bond motifs is 1. The first kappa shape index (κ1) is 17.5. The van der Waals surface area contributed by atoms with Crippen LogP contribution < -0.4 is 15.3 Å². The quantitative estimate of drug-likeness (QED) is 0.686. The number of hydrogen-bond acceptors (Lipinski definition) is 3. The summed E-state index contributed by atoms with van der Waals surface area (Å²) in [5, 5.41) is 3.09. The minimum absolute atomic E-state index is 0.226. The molecule has 4 rings (SSSR count). The van der Waals surface area contributed by atoms with Crippen molar-refractivity contribution in [3.05, 3.63) is 65.0 Å². The van der Waals surface area contributed by atoms with Crippen molar-refractivity contribution >= 4 is 10.8 Å². The highest BCUT2D eigenvalue weighted by atomic mass is 19.4. The van der Waals surface area contributed by atoms with Gasteiger partial charge in [0.1, 0.15) is 5.75 Å². The fourth-order valence-electron chi connectivity index (χ4n) is 3.51. The van der Waals surface area contributed by atoms with Crippen LogP contribution in [0.2, 0.25) is 0 Å². The fraction of sp³-hybridized carbons (Fsp3) is 0.250. The summed E-state index contributed by atoms with van der Waals surface area (Å²) in [6, 6.07) is 14.7. The van der Waals surface area contributed by atoms with Gasteiger partial charge >= 0.3 is 6.36 Å². The summed E-state index contributed by atoms with van der Waals surface area (Å²) in [5.74, 6) is -0.326. The predicted octanol–water partition coefficient (Wildman–Crippen LogP) is 4.30. The molecule has 0 amide bonds. The van der Waals surface area contributed by atoms with Gasteiger partial charge in [-0.1, -0.05) is 30.3 Å². The van der Waals surface area contributed by atoms with Crippen LogP contribution in [0.15, 0.2) is 59.4 Å². The van der Waals surface area contributed by atoms with E-state index in [1.165, 1.54) is 22.9 Å². The smallest absolute Gasteiger partial charge is 0.405 e. The van der Waals surface area contributed by atoms with Gasteiger partial charge in [0.15, 0.2) is 0 Å². The summed E-state index contributed by atoms with van der Waals surface area (Å²) in [7, 11) is 0. The zero-order chi connectivity index (χ0) is 19.0. The number of para-hydroxylation sites is 1. The Morgan fingerprint density at radius 3 is 2.33 bits per heavy atom. The molecule has 140 valence electrons. The number of rotatable bonds is 3. The molecule has 0 aliphatic carbocycles. The Bertz CT molecular complexity index is 1040. The minimum atomic E-state index is -4.81. The zero-order valence-electron chi connectivity index (χ0n) is 14.4. The van der Waals surface area contributed by atoms with E-state index in [2.05, 4.69) is 4.74 Å². The SMILES string of the molecule is O=c1c2ccccc2cc(-c2ccccc2OC(F)(F)F)n1N1CCCC1. The van der Waals surface area contributed by atoms with Crippen molar-refractivity contribution in [2.45, 2.75) is 19.2 Å². The molecule has 1 aliphatic rings. The lowest BCUT2D eigenvalue weighted by Gasteiger charge is -2.26. The molecule has 0 N–H and O–H groups in total. The van der Waals surface area contributed by atoms with Gasteiger partial charge in [0.05, 0.1) is 5.69 Å². The first-order chi connectivity index (χ1) is 12.9. The lowest BCUT2D eigenvalue weighted by Crippen LogP contribution is -2.41. The van der Waals surface area contributed by atoms with Crippen LogP contribution in [0.3, 0.4) is 0 Å². The number of pyridine rings is 1. The lowest BCUT2D eigenvalue weighted by atomic mass is 10.1. The third kappa shape index (κ3) is 3.37. The maximum Gasteiger partial charge on any atom is 0.573 e. The molecular formula is C20H17F3N2O2. The number of ether oxygens (including phenoxy) is 1. The van der Waals surface area contributed by atoms with Crippen LogP contribution in [-0.2, 0) is 0 Å². The summed E-state index contributed by atoms with van der Waals surface area (Å²) in [6.07, 6.45) is -2.95. The van der Waals surface area contributed by atoms with Crippen molar-refractivity contribution in [1.29, 1.82) is 0 Å². The molecule has 1 saturated heterocycles. The van der Waals surface area contributed by atoms with Crippen molar-refractivity contribution in [2.24, 2.45) is 0 Å². The number of nitrogens with zero attached hydrogens (tertiary/aromatic N) is 2. The van der Waals surface area contributed by atoms with Crippen LogP contribution in [0.4, 0.5) is 13.2 Å². The average molecular weight is 374 g/mol. The monoisotopic (exact) mass is 374 g/mol. The van der Waals surface area contributed by atoms with Crippen LogP contribution in [0.1, 0.15) is 12.8 Å². The third-order valence-electron chi connectivity index (χ3n) is 4.66. The Kier molecular flexibility index (Phi) is 4.30. The van der Waals surface area contributed by atoms with E-state index in [0.29, 0.717) is 29.6 Å². The standard InChI is InChI=1S/C20H17F3N2O2/c21-20(22,23)27-18-10-4-3-9-16(18)17-13-14-7-1-2-8-15(14)19(26)25(17)24-11-5-6-12-24/h1-4,7-10,13H,5-6,11-12H2. The molecule has 0 radical (unpaired) electrons. The predicted molar refractivity (Wildman–Crippen MR) is 97.5 cm³/mol. The summed E-state index contributed by atoms with van der Waals surface area (Å²) in [5.41, 5.74) is 0.372. The Labute approximate surface area is 153 Å². The van der Waals surface area contributed by atoms with Gasteiger partial charge in [-0.05, 0) is 42.5 Å². The van der Waals surface area contributed by atoms with E-state index in [1.807, 2.05) is 5.01 Å². The van der Waals surface area contributed by atoms with Crippen LogP contribution in [0.25, 0.3) is 22.0 Å². The molecule has 3 aromatic rings. The van der Waals surface area contributed by atoms with E-state index in [9.17, 15) is 18.0 Å². The van der Waals surface area contributed by atoms with Crippen molar-refractivity contribution in [2.75, 3.05) is 18.1 Å². The summed E-state index contributed by atoms with van der Waals surface area (Å²) < 4.78 is 44.3. The van der Waals surface area contributed by atoms with Gasteiger partial charge in [0.2, 0.25) is 0 Å². The summed E-state index contributed by atoms with van der Waals surface area (Å²) in [6.45, 7) is 1.35. The Balaban J connectivity index is 1.99. The van der Waals surface area contributed by atoms with Gasteiger partial charge in [0, 0.05) is 24.0 Å². The van der Waals surface area contributed by atoms with E-state index >= 15 is 0 Å². The molecule has 0 bridgehead atoms. The molecule has 4 nitrogen and oxygen atoms in total. The number of hydrogen-bond donors (Lipinski definition) is 0. The van der Waals surface area contributed by atoms with Gasteiger partial charge in [-0.15, -0.1) is 13.2 Å². The van der Waals surface area contributed by atoms with Crippen molar-refractivity contribution < 1.29 is 17.9 Å². The molecule has 0 atom stereocenters. The fourth-order valence-corrected chi connectivity index (χ4v) is 3.51. The molecule has 1 fully saturated rings. The maximum absolute atomic E-state index is 13.2. The highest BCUT2D eigenvalue weighted by Gasteiger charge is 2.33. The molecular weight excluding hydrogens is 357 g/mol. The molecule has 0 spiro atoms. The minimum Gasteiger partial charge on any atom is -0.405 e. The molecule has 7 heteroatoms. The zero-order valence-corrected chi connectivity index (χ0v) is 14.4. The number of aromatic nitrogens is 1. The Morgan fingerprint density at radius 2 is 1.59 bits per heavy atom. The van der Waals surface area contributed by atoms with E-state index in [4.69, 9.17) is 0 Å². The molecule has 0 saturated carbocycles. The average Bonchev–Trinajstić information content (AvgIpc) is 3.15. The van der Waals surface area contributed by atoms with Crippen LogP contribution in [-0.4, -0.2) is 24.1 Å². The molecule has 1 aromatic heterocycles. The second-order valence-electron chi connectivity index (χ2n) is 6.44. The third-order valence-corrected chi connectivity index (χ3v) is 4.66. The Morgan fingerprint density at radius 1 is 0.926 bits per heavy atom. The van der Waals surface area contributed by atoms with Crippen molar-refractivity contribution in [1.82, 2.24) is 4.68 Å². The number of alkyl halides is 3. The molecule has 2 heterocycles. The van der Waals surface area contributed by atoms with Crippen LogP contribution >= 0.6 is 0 Å². The first-order valence-corrected chi connectivity index (χ1v) is 8.69. The van der Waals surface area contributed by atoms with Gasteiger partial charge < -0.3 is 9.75 Å². The molecule has 0 unspecified atom stereocenters.